The van der Waals surface area contributed by atoms with E-state index < -0.39 is 0 Å². The molecule has 112 valence electrons. The molecule has 1 aromatic rings. The standard InChI is InChI=1S/C13H24N6O/c1-4-14-12(15-8-11-17-10-18-19(11)3)16-9-13(2)6-5-7-20-13/h10H,4-9H2,1-3H3,(H2,14,15,16). The number of guanidine groups is 1. The van der Waals surface area contributed by atoms with Gasteiger partial charge in [-0.05, 0) is 26.7 Å². The molecule has 20 heavy (non-hydrogen) atoms. The third kappa shape index (κ3) is 3.93. The Morgan fingerprint density at radius 3 is 3.00 bits per heavy atom. The van der Waals surface area contributed by atoms with Gasteiger partial charge in [0.05, 0.1) is 5.60 Å². The Morgan fingerprint density at radius 1 is 1.55 bits per heavy atom. The van der Waals surface area contributed by atoms with Crippen LogP contribution in [0.5, 0.6) is 0 Å². The lowest BCUT2D eigenvalue weighted by Gasteiger charge is -2.24. The van der Waals surface area contributed by atoms with E-state index in [9.17, 15) is 0 Å². The van der Waals surface area contributed by atoms with Gasteiger partial charge in [-0.3, -0.25) is 4.68 Å². The molecule has 1 aliphatic heterocycles. The third-order valence-corrected chi connectivity index (χ3v) is 3.46. The van der Waals surface area contributed by atoms with Gasteiger partial charge in [0, 0.05) is 26.7 Å². The van der Waals surface area contributed by atoms with E-state index in [4.69, 9.17) is 4.74 Å². The van der Waals surface area contributed by atoms with Crippen LogP contribution >= 0.6 is 0 Å². The molecule has 2 rings (SSSR count). The molecule has 0 aromatic carbocycles. The Labute approximate surface area is 119 Å². The molecule has 1 aromatic heterocycles. The highest BCUT2D eigenvalue weighted by atomic mass is 16.5. The first-order valence-corrected chi connectivity index (χ1v) is 7.12. The minimum absolute atomic E-state index is 0.0824. The summed E-state index contributed by atoms with van der Waals surface area (Å²) in [6.07, 6.45) is 3.76. The number of aryl methyl sites for hydroxylation is 1. The monoisotopic (exact) mass is 280 g/mol. The van der Waals surface area contributed by atoms with Crippen molar-refractivity contribution in [1.29, 1.82) is 0 Å². The summed E-state index contributed by atoms with van der Waals surface area (Å²) in [5.41, 5.74) is -0.0824. The molecule has 0 spiro atoms. The molecule has 1 saturated heterocycles. The van der Waals surface area contributed by atoms with Crippen LogP contribution in [-0.4, -0.2) is 46.0 Å². The van der Waals surface area contributed by atoms with Crippen molar-refractivity contribution in [2.45, 2.75) is 38.8 Å². The van der Waals surface area contributed by atoms with Crippen LogP contribution in [0.2, 0.25) is 0 Å². The van der Waals surface area contributed by atoms with E-state index in [1.165, 1.54) is 0 Å². The normalized spacial score (nSPS) is 23.1. The molecule has 0 aliphatic carbocycles. The van der Waals surface area contributed by atoms with E-state index in [0.717, 1.165) is 44.3 Å². The Kier molecular flexibility index (Phi) is 4.94. The van der Waals surface area contributed by atoms with Gasteiger partial charge >= 0.3 is 0 Å². The zero-order valence-corrected chi connectivity index (χ0v) is 12.5. The number of aliphatic imine (C=N–C) groups is 1. The van der Waals surface area contributed by atoms with Crippen molar-refractivity contribution >= 4 is 5.96 Å². The van der Waals surface area contributed by atoms with Crippen LogP contribution in [0.15, 0.2) is 11.3 Å². The topological polar surface area (TPSA) is 76.4 Å². The Bertz CT molecular complexity index is 449. The number of nitrogens with one attached hydrogen (secondary N) is 2. The summed E-state index contributed by atoms with van der Waals surface area (Å²) >= 11 is 0. The van der Waals surface area contributed by atoms with Crippen LogP contribution in [-0.2, 0) is 18.3 Å². The van der Waals surface area contributed by atoms with Crippen LogP contribution in [0.3, 0.4) is 0 Å². The first-order valence-electron chi connectivity index (χ1n) is 7.12. The van der Waals surface area contributed by atoms with Crippen molar-refractivity contribution < 1.29 is 4.74 Å². The molecule has 0 amide bonds. The van der Waals surface area contributed by atoms with Gasteiger partial charge in [0.1, 0.15) is 18.7 Å². The molecule has 0 radical (unpaired) electrons. The van der Waals surface area contributed by atoms with Gasteiger partial charge in [-0.25, -0.2) is 9.98 Å². The van der Waals surface area contributed by atoms with Crippen LogP contribution in [0.1, 0.15) is 32.5 Å². The first-order chi connectivity index (χ1) is 9.63. The van der Waals surface area contributed by atoms with Crippen molar-refractivity contribution in [3.05, 3.63) is 12.2 Å². The molecule has 1 unspecified atom stereocenters. The average Bonchev–Trinajstić information content (AvgIpc) is 3.03. The average molecular weight is 280 g/mol. The fourth-order valence-electron chi connectivity index (χ4n) is 2.20. The molecule has 7 heteroatoms. The maximum atomic E-state index is 5.77. The quantitative estimate of drug-likeness (QED) is 0.604. The van der Waals surface area contributed by atoms with Crippen molar-refractivity contribution in [3.8, 4) is 0 Å². The van der Waals surface area contributed by atoms with Crippen molar-refractivity contribution in [2.75, 3.05) is 19.7 Å². The Balaban J connectivity index is 1.90. The number of hydrogen-bond acceptors (Lipinski definition) is 4. The highest BCUT2D eigenvalue weighted by molar-refractivity contribution is 5.79. The van der Waals surface area contributed by atoms with Gasteiger partial charge in [-0.15, -0.1) is 0 Å². The first kappa shape index (κ1) is 14.8. The van der Waals surface area contributed by atoms with Crippen LogP contribution in [0.25, 0.3) is 0 Å². The second kappa shape index (κ2) is 6.69. The Morgan fingerprint density at radius 2 is 2.40 bits per heavy atom. The number of aromatic nitrogens is 3. The van der Waals surface area contributed by atoms with Gasteiger partial charge in [0.15, 0.2) is 5.96 Å². The second-order valence-electron chi connectivity index (χ2n) is 5.25. The molecular formula is C13H24N6O. The second-order valence-corrected chi connectivity index (χ2v) is 5.25. The molecule has 0 bridgehead atoms. The zero-order valence-electron chi connectivity index (χ0n) is 12.5. The molecule has 2 N–H and O–H groups in total. The lowest BCUT2D eigenvalue weighted by Crippen LogP contribution is -2.45. The third-order valence-electron chi connectivity index (χ3n) is 3.46. The van der Waals surface area contributed by atoms with Gasteiger partial charge < -0.3 is 15.4 Å². The lowest BCUT2D eigenvalue weighted by molar-refractivity contribution is 0.0243. The Hall–Kier alpha value is -1.63. The molecule has 1 fully saturated rings. The summed E-state index contributed by atoms with van der Waals surface area (Å²) in [5.74, 6) is 1.62. The molecule has 1 atom stereocenters. The fraction of sp³-hybridized carbons (Fsp3) is 0.769. The predicted molar refractivity (Wildman–Crippen MR) is 77.4 cm³/mol. The minimum Gasteiger partial charge on any atom is -0.373 e. The summed E-state index contributed by atoms with van der Waals surface area (Å²) in [6.45, 7) is 7.13. The van der Waals surface area contributed by atoms with E-state index in [1.54, 1.807) is 11.0 Å². The van der Waals surface area contributed by atoms with E-state index in [0.29, 0.717) is 6.54 Å². The molecule has 0 saturated carbocycles. The highest BCUT2D eigenvalue weighted by Gasteiger charge is 2.29. The van der Waals surface area contributed by atoms with Gasteiger partial charge in [0.25, 0.3) is 0 Å². The summed E-state index contributed by atoms with van der Waals surface area (Å²) in [6, 6.07) is 0. The maximum absolute atomic E-state index is 5.77. The molecule has 1 aliphatic rings. The van der Waals surface area contributed by atoms with Crippen LogP contribution in [0, 0.1) is 0 Å². The smallest absolute Gasteiger partial charge is 0.191 e. The summed E-state index contributed by atoms with van der Waals surface area (Å²) in [5, 5.41) is 10.6. The summed E-state index contributed by atoms with van der Waals surface area (Å²) in [4.78, 5) is 8.69. The summed E-state index contributed by atoms with van der Waals surface area (Å²) in [7, 11) is 1.87. The van der Waals surface area contributed by atoms with E-state index >= 15 is 0 Å². The molecular weight excluding hydrogens is 256 g/mol. The highest BCUT2D eigenvalue weighted by Crippen LogP contribution is 2.23. The fourth-order valence-corrected chi connectivity index (χ4v) is 2.20. The van der Waals surface area contributed by atoms with Crippen molar-refractivity contribution in [3.63, 3.8) is 0 Å². The molecule has 7 nitrogen and oxygen atoms in total. The van der Waals surface area contributed by atoms with Crippen molar-refractivity contribution in [1.82, 2.24) is 25.4 Å². The van der Waals surface area contributed by atoms with Gasteiger partial charge in [0.2, 0.25) is 0 Å². The number of ether oxygens (including phenoxy) is 1. The molecule has 2 heterocycles. The van der Waals surface area contributed by atoms with E-state index in [2.05, 4.69) is 32.6 Å². The van der Waals surface area contributed by atoms with Crippen LogP contribution < -0.4 is 10.6 Å². The maximum Gasteiger partial charge on any atom is 0.191 e. The van der Waals surface area contributed by atoms with Crippen LogP contribution in [0.4, 0.5) is 0 Å². The van der Waals surface area contributed by atoms with E-state index in [1.807, 2.05) is 14.0 Å². The van der Waals surface area contributed by atoms with Gasteiger partial charge in [-0.1, -0.05) is 0 Å². The van der Waals surface area contributed by atoms with E-state index in [-0.39, 0.29) is 5.60 Å². The van der Waals surface area contributed by atoms with Crippen molar-refractivity contribution in [2.24, 2.45) is 12.0 Å². The van der Waals surface area contributed by atoms with Gasteiger partial charge in [-0.2, -0.15) is 5.10 Å². The number of nitrogens with zero attached hydrogens (tertiary/aromatic N) is 4. The summed E-state index contributed by atoms with van der Waals surface area (Å²) < 4.78 is 7.50. The zero-order chi connectivity index (χ0) is 14.4. The number of hydrogen-bond donors (Lipinski definition) is 2. The number of rotatable bonds is 5. The largest absolute Gasteiger partial charge is 0.373 e. The predicted octanol–water partition coefficient (Wildman–Crippen LogP) is 0.439. The SMILES string of the molecule is CCNC(=NCc1ncnn1C)NCC1(C)CCCO1. The minimum atomic E-state index is -0.0824. The lowest BCUT2D eigenvalue weighted by atomic mass is 10.0.